The number of anilines is 1. The number of methoxy groups -OCH3 is 1. The summed E-state index contributed by atoms with van der Waals surface area (Å²) in [6, 6.07) is 9.88. The predicted molar refractivity (Wildman–Crippen MR) is 94.6 cm³/mol. The molecule has 126 valence electrons. The number of aliphatic hydroxyl groups excluding tert-OH is 1. The van der Waals surface area contributed by atoms with Crippen molar-refractivity contribution in [2.75, 3.05) is 25.6 Å². The molecule has 6 nitrogen and oxygen atoms in total. The van der Waals surface area contributed by atoms with Crippen LogP contribution in [0.25, 0.3) is 16.8 Å². The van der Waals surface area contributed by atoms with Gasteiger partial charge in [0.05, 0.1) is 12.8 Å². The van der Waals surface area contributed by atoms with E-state index in [1.54, 1.807) is 7.11 Å². The number of hydrogen-bond acceptors (Lipinski definition) is 5. The molecule has 0 saturated heterocycles. The zero-order valence-electron chi connectivity index (χ0n) is 14.2. The molecule has 3 rings (SSSR count). The maximum Gasteiger partial charge on any atom is 0.165 e. The van der Waals surface area contributed by atoms with Crippen LogP contribution < -0.4 is 10.1 Å². The predicted octanol–water partition coefficient (Wildman–Crippen LogP) is 2.82. The van der Waals surface area contributed by atoms with Gasteiger partial charge in [0.1, 0.15) is 11.6 Å². The fourth-order valence-electron chi connectivity index (χ4n) is 2.76. The molecular weight excluding hydrogens is 304 g/mol. The summed E-state index contributed by atoms with van der Waals surface area (Å²) in [5.74, 6) is 1.71. The average Bonchev–Trinajstić information content (AvgIpc) is 2.91. The van der Waals surface area contributed by atoms with E-state index in [2.05, 4.69) is 15.4 Å². The molecule has 2 N–H and O–H groups in total. The molecule has 24 heavy (non-hydrogen) atoms. The summed E-state index contributed by atoms with van der Waals surface area (Å²) < 4.78 is 7.06. The number of rotatable bonds is 6. The third-order valence-electron chi connectivity index (χ3n) is 3.91. The summed E-state index contributed by atoms with van der Waals surface area (Å²) in [6.07, 6.45) is 0.689. The Balaban J connectivity index is 2.09. The van der Waals surface area contributed by atoms with E-state index in [1.165, 1.54) is 0 Å². The third kappa shape index (κ3) is 3.05. The molecule has 0 amide bonds. The molecule has 0 unspecified atom stereocenters. The zero-order valence-corrected chi connectivity index (χ0v) is 14.2. The van der Waals surface area contributed by atoms with Gasteiger partial charge in [-0.2, -0.15) is 9.61 Å². The molecule has 0 fully saturated rings. The molecule has 2 aromatic heterocycles. The van der Waals surface area contributed by atoms with Crippen LogP contribution in [-0.4, -0.2) is 40.0 Å². The lowest BCUT2D eigenvalue weighted by Crippen LogP contribution is -2.09. The van der Waals surface area contributed by atoms with Crippen molar-refractivity contribution in [3.05, 3.63) is 41.7 Å². The molecule has 0 spiro atoms. The van der Waals surface area contributed by atoms with Gasteiger partial charge in [-0.15, -0.1) is 0 Å². The van der Waals surface area contributed by atoms with Crippen LogP contribution in [0.3, 0.4) is 0 Å². The topological polar surface area (TPSA) is 71.7 Å². The monoisotopic (exact) mass is 326 g/mol. The second-order valence-corrected chi connectivity index (χ2v) is 5.71. The van der Waals surface area contributed by atoms with Gasteiger partial charge < -0.3 is 15.2 Å². The minimum atomic E-state index is 0.162. The molecule has 0 atom stereocenters. The Labute approximate surface area is 141 Å². The number of nitrogens with one attached hydrogen (secondary N) is 1. The molecule has 6 heteroatoms. The maximum atomic E-state index is 8.97. The van der Waals surface area contributed by atoms with Crippen LogP contribution >= 0.6 is 0 Å². The third-order valence-corrected chi connectivity index (χ3v) is 3.91. The van der Waals surface area contributed by atoms with E-state index < -0.39 is 0 Å². The van der Waals surface area contributed by atoms with Crippen molar-refractivity contribution >= 4 is 11.5 Å². The van der Waals surface area contributed by atoms with Gasteiger partial charge in [0.2, 0.25) is 0 Å². The Morgan fingerprint density at radius 1 is 1.21 bits per heavy atom. The van der Waals surface area contributed by atoms with Gasteiger partial charge in [0.25, 0.3) is 0 Å². The standard InChI is InChI=1S/C18H22N4O2/c1-12-11-16(19-9-4-10-23)22-18(20-12)17(13(2)21-22)14-5-7-15(24-3)8-6-14/h5-8,11,19,23H,4,9-10H2,1-3H3. The lowest BCUT2D eigenvalue weighted by atomic mass is 10.1. The number of ether oxygens (including phenoxy) is 1. The first-order chi connectivity index (χ1) is 11.6. The largest absolute Gasteiger partial charge is 0.497 e. The normalized spacial score (nSPS) is 11.0. The van der Waals surface area contributed by atoms with E-state index in [0.717, 1.165) is 39.7 Å². The molecule has 0 aliphatic carbocycles. The smallest absolute Gasteiger partial charge is 0.165 e. The van der Waals surface area contributed by atoms with Crippen LogP contribution in [0.5, 0.6) is 5.75 Å². The Morgan fingerprint density at radius 2 is 1.96 bits per heavy atom. The molecule has 3 aromatic rings. The van der Waals surface area contributed by atoms with E-state index >= 15 is 0 Å². The average molecular weight is 326 g/mol. The molecule has 0 aliphatic rings. The van der Waals surface area contributed by atoms with Gasteiger partial charge in [-0.1, -0.05) is 12.1 Å². The molecule has 0 radical (unpaired) electrons. The minimum Gasteiger partial charge on any atom is -0.497 e. The van der Waals surface area contributed by atoms with E-state index in [4.69, 9.17) is 9.84 Å². The van der Waals surface area contributed by atoms with Crippen molar-refractivity contribution in [3.63, 3.8) is 0 Å². The number of aliphatic hydroxyl groups is 1. The molecule has 0 aliphatic heterocycles. The molecule has 1 aromatic carbocycles. The van der Waals surface area contributed by atoms with E-state index in [1.807, 2.05) is 48.7 Å². The molecule has 0 bridgehead atoms. The second-order valence-electron chi connectivity index (χ2n) is 5.71. The first-order valence-corrected chi connectivity index (χ1v) is 8.00. The van der Waals surface area contributed by atoms with Crippen LogP contribution in [0.1, 0.15) is 17.8 Å². The number of aryl methyl sites for hydroxylation is 2. The Bertz CT molecular complexity index is 840. The lowest BCUT2D eigenvalue weighted by molar-refractivity contribution is 0.292. The molecule has 2 heterocycles. The first kappa shape index (κ1) is 16.3. The van der Waals surface area contributed by atoms with Crippen molar-refractivity contribution in [2.45, 2.75) is 20.3 Å². The highest BCUT2D eigenvalue weighted by Crippen LogP contribution is 2.30. The van der Waals surface area contributed by atoms with Gasteiger partial charge in [-0.25, -0.2) is 4.98 Å². The number of hydrogen-bond donors (Lipinski definition) is 2. The maximum absolute atomic E-state index is 8.97. The highest BCUT2D eigenvalue weighted by molar-refractivity contribution is 5.81. The summed E-state index contributed by atoms with van der Waals surface area (Å²) in [7, 11) is 1.66. The summed E-state index contributed by atoms with van der Waals surface area (Å²) in [5, 5.41) is 16.9. The van der Waals surface area contributed by atoms with E-state index in [9.17, 15) is 0 Å². The van der Waals surface area contributed by atoms with Crippen LogP contribution in [0, 0.1) is 13.8 Å². The summed E-state index contributed by atoms with van der Waals surface area (Å²) in [5.41, 5.74) is 4.74. The Kier molecular flexibility index (Phi) is 4.66. The fourth-order valence-corrected chi connectivity index (χ4v) is 2.76. The molecular formula is C18H22N4O2. The van der Waals surface area contributed by atoms with Crippen molar-refractivity contribution in [1.29, 1.82) is 0 Å². The number of fused-ring (bicyclic) bond motifs is 1. The van der Waals surface area contributed by atoms with Gasteiger partial charge in [-0.3, -0.25) is 0 Å². The van der Waals surface area contributed by atoms with E-state index in [-0.39, 0.29) is 6.61 Å². The number of nitrogens with zero attached hydrogens (tertiary/aromatic N) is 3. The fraction of sp³-hybridized carbons (Fsp3) is 0.333. The van der Waals surface area contributed by atoms with Gasteiger partial charge >= 0.3 is 0 Å². The van der Waals surface area contributed by atoms with Crippen LogP contribution in [0.4, 0.5) is 5.82 Å². The van der Waals surface area contributed by atoms with E-state index in [0.29, 0.717) is 13.0 Å². The van der Waals surface area contributed by atoms with Crippen LogP contribution in [0.15, 0.2) is 30.3 Å². The highest BCUT2D eigenvalue weighted by atomic mass is 16.5. The minimum absolute atomic E-state index is 0.162. The molecule has 0 saturated carbocycles. The lowest BCUT2D eigenvalue weighted by Gasteiger charge is -2.09. The summed E-state index contributed by atoms with van der Waals surface area (Å²) >= 11 is 0. The van der Waals surface area contributed by atoms with Crippen molar-refractivity contribution < 1.29 is 9.84 Å². The van der Waals surface area contributed by atoms with Gasteiger partial charge in [0, 0.05) is 30.5 Å². The van der Waals surface area contributed by atoms with Gasteiger partial charge in [-0.05, 0) is 38.0 Å². The van der Waals surface area contributed by atoms with Crippen molar-refractivity contribution in [3.8, 4) is 16.9 Å². The summed E-state index contributed by atoms with van der Waals surface area (Å²) in [6.45, 7) is 4.81. The van der Waals surface area contributed by atoms with Crippen LogP contribution in [0.2, 0.25) is 0 Å². The second kappa shape index (κ2) is 6.88. The summed E-state index contributed by atoms with van der Waals surface area (Å²) in [4.78, 5) is 4.68. The van der Waals surface area contributed by atoms with Crippen molar-refractivity contribution in [1.82, 2.24) is 14.6 Å². The van der Waals surface area contributed by atoms with Crippen molar-refractivity contribution in [2.24, 2.45) is 0 Å². The number of aromatic nitrogens is 3. The van der Waals surface area contributed by atoms with Crippen LogP contribution in [-0.2, 0) is 0 Å². The Morgan fingerprint density at radius 3 is 2.62 bits per heavy atom. The zero-order chi connectivity index (χ0) is 17.1. The quantitative estimate of drug-likeness (QED) is 0.682. The first-order valence-electron chi connectivity index (χ1n) is 8.00. The highest BCUT2D eigenvalue weighted by Gasteiger charge is 2.16. The Hall–Kier alpha value is -2.60. The SMILES string of the molecule is COc1ccc(-c2c(C)nn3c(NCCCO)cc(C)nc23)cc1. The number of benzene rings is 1. The van der Waals surface area contributed by atoms with Gasteiger partial charge in [0.15, 0.2) is 5.65 Å².